The van der Waals surface area contributed by atoms with Crippen molar-refractivity contribution >= 4 is 5.97 Å². The molecule has 3 rings (SSSR count). The molecule has 0 spiro atoms. The van der Waals surface area contributed by atoms with Gasteiger partial charge in [0.25, 0.3) is 0 Å². The maximum absolute atomic E-state index is 11.8. The van der Waals surface area contributed by atoms with E-state index in [1.807, 2.05) is 6.92 Å². The predicted octanol–water partition coefficient (Wildman–Crippen LogP) is 6.35. The normalized spacial score (nSPS) is 14.0. The maximum Gasteiger partial charge on any atom is 0.305 e. The number of hydrogen-bond donors (Lipinski definition) is 0. The molecule has 0 bridgehead atoms. The molecule has 0 atom stereocenters. The second-order valence-electron chi connectivity index (χ2n) is 9.69. The van der Waals surface area contributed by atoms with Gasteiger partial charge in [-0.2, -0.15) is 0 Å². The van der Waals surface area contributed by atoms with Crippen LogP contribution in [0.15, 0.2) is 36.4 Å². The first-order valence-electron chi connectivity index (χ1n) is 9.97. The highest BCUT2D eigenvalue weighted by Crippen LogP contribution is 2.47. The van der Waals surface area contributed by atoms with Crippen LogP contribution in [0.2, 0.25) is 0 Å². The molecule has 27 heavy (non-hydrogen) atoms. The maximum atomic E-state index is 11.8. The fourth-order valence-electron chi connectivity index (χ4n) is 3.75. The van der Waals surface area contributed by atoms with E-state index in [0.717, 1.165) is 0 Å². The fraction of sp³-hybridized carbons (Fsp3) is 0.480. The molecule has 2 heteroatoms. The van der Waals surface area contributed by atoms with Crippen molar-refractivity contribution in [1.82, 2.24) is 0 Å². The van der Waals surface area contributed by atoms with E-state index in [4.69, 9.17) is 4.74 Å². The average Bonchev–Trinajstić information content (AvgIpc) is 2.90. The van der Waals surface area contributed by atoms with Crippen LogP contribution >= 0.6 is 0 Å². The van der Waals surface area contributed by atoms with Gasteiger partial charge in [-0.15, -0.1) is 0 Å². The highest BCUT2D eigenvalue weighted by Gasteiger charge is 2.32. The molecule has 0 saturated carbocycles. The number of ether oxygens (including phenoxy) is 1. The topological polar surface area (TPSA) is 26.3 Å². The lowest BCUT2D eigenvalue weighted by molar-refractivity contribution is -0.143. The van der Waals surface area contributed by atoms with E-state index in [9.17, 15) is 4.79 Å². The zero-order valence-electron chi connectivity index (χ0n) is 17.8. The summed E-state index contributed by atoms with van der Waals surface area (Å²) in [6.45, 7) is 15.7. The van der Waals surface area contributed by atoms with Crippen LogP contribution in [-0.4, -0.2) is 12.6 Å². The number of carbonyl (C=O) groups is 1. The molecule has 0 aliphatic heterocycles. The molecule has 1 aliphatic carbocycles. The van der Waals surface area contributed by atoms with Gasteiger partial charge in [0.05, 0.1) is 0 Å². The second-order valence-corrected chi connectivity index (χ2v) is 9.69. The summed E-state index contributed by atoms with van der Waals surface area (Å²) in [6.07, 6.45) is 0.413. The quantitative estimate of drug-likeness (QED) is 0.593. The lowest BCUT2D eigenvalue weighted by Crippen LogP contribution is -2.15. The molecule has 1 aliphatic rings. The van der Waals surface area contributed by atoms with Crippen molar-refractivity contribution in [2.75, 3.05) is 6.61 Å². The molecule has 0 saturated heterocycles. The zero-order valence-corrected chi connectivity index (χ0v) is 17.8. The van der Waals surface area contributed by atoms with Gasteiger partial charge in [0.1, 0.15) is 6.61 Å². The van der Waals surface area contributed by atoms with Gasteiger partial charge < -0.3 is 4.74 Å². The first kappa shape index (κ1) is 19.7. The number of fused-ring (bicyclic) bond motifs is 3. The largest absolute Gasteiger partial charge is 0.465 e. The Morgan fingerprint density at radius 1 is 0.852 bits per heavy atom. The monoisotopic (exact) mass is 364 g/mol. The van der Waals surface area contributed by atoms with Crippen molar-refractivity contribution in [2.45, 2.75) is 71.6 Å². The van der Waals surface area contributed by atoms with Crippen molar-refractivity contribution in [1.29, 1.82) is 0 Å². The van der Waals surface area contributed by atoms with E-state index in [1.54, 1.807) is 0 Å². The van der Waals surface area contributed by atoms with Gasteiger partial charge in [0.2, 0.25) is 0 Å². The predicted molar refractivity (Wildman–Crippen MR) is 112 cm³/mol. The van der Waals surface area contributed by atoms with Gasteiger partial charge in [0, 0.05) is 12.3 Å². The van der Waals surface area contributed by atoms with Crippen LogP contribution in [0, 0.1) is 0 Å². The number of hydrogen-bond acceptors (Lipinski definition) is 2. The minimum absolute atomic E-state index is 0.0883. The number of rotatable bonds is 3. The Kier molecular flexibility index (Phi) is 4.96. The van der Waals surface area contributed by atoms with E-state index < -0.39 is 0 Å². The molecule has 0 heterocycles. The molecule has 0 N–H and O–H groups in total. The van der Waals surface area contributed by atoms with Crippen LogP contribution in [0.25, 0.3) is 11.1 Å². The van der Waals surface area contributed by atoms with E-state index >= 15 is 0 Å². The lowest BCUT2D eigenvalue weighted by atomic mass is 9.83. The van der Waals surface area contributed by atoms with Gasteiger partial charge in [-0.1, -0.05) is 84.9 Å². The number of carbonyl (C=O) groups excluding carboxylic acids is 1. The van der Waals surface area contributed by atoms with Crippen LogP contribution in [0.3, 0.4) is 0 Å². The Balaban J connectivity index is 2.11. The minimum atomic E-state index is -0.135. The SMILES string of the molecule is CCC(=O)OCC1c2cc(C(C)(C)C)ccc2-c2ccc(C(C)(C)C)cc21. The molecule has 0 aromatic heterocycles. The Morgan fingerprint density at radius 3 is 1.67 bits per heavy atom. The second kappa shape index (κ2) is 6.82. The summed E-state index contributed by atoms with van der Waals surface area (Å²) in [7, 11) is 0. The summed E-state index contributed by atoms with van der Waals surface area (Å²) in [5, 5.41) is 0. The molecule has 2 aromatic carbocycles. The first-order valence-corrected chi connectivity index (χ1v) is 9.97. The Hall–Kier alpha value is -2.09. The third-order valence-electron chi connectivity index (χ3n) is 5.58. The van der Waals surface area contributed by atoms with Gasteiger partial charge in [-0.05, 0) is 44.2 Å². The fourth-order valence-corrected chi connectivity index (χ4v) is 3.75. The Labute approximate surface area is 164 Å². The van der Waals surface area contributed by atoms with Crippen molar-refractivity contribution < 1.29 is 9.53 Å². The summed E-state index contributed by atoms with van der Waals surface area (Å²) in [4.78, 5) is 11.8. The zero-order chi connectivity index (χ0) is 20.0. The summed E-state index contributed by atoms with van der Waals surface area (Å²) in [5.41, 5.74) is 7.93. The lowest BCUT2D eigenvalue weighted by Gasteiger charge is -2.22. The first-order chi connectivity index (χ1) is 12.5. The molecule has 0 amide bonds. The van der Waals surface area contributed by atoms with Gasteiger partial charge in [0.15, 0.2) is 0 Å². The van der Waals surface area contributed by atoms with Crippen molar-refractivity contribution in [3.63, 3.8) is 0 Å². The highest BCUT2D eigenvalue weighted by molar-refractivity contribution is 5.80. The van der Waals surface area contributed by atoms with E-state index in [2.05, 4.69) is 77.9 Å². The smallest absolute Gasteiger partial charge is 0.305 e. The van der Waals surface area contributed by atoms with Crippen molar-refractivity contribution in [3.05, 3.63) is 58.7 Å². The molecular formula is C25H32O2. The third-order valence-corrected chi connectivity index (χ3v) is 5.58. The summed E-state index contributed by atoms with van der Waals surface area (Å²) in [6, 6.07) is 13.6. The molecule has 0 fully saturated rings. The Morgan fingerprint density at radius 2 is 1.30 bits per heavy atom. The standard InChI is InChI=1S/C25H32O2/c1-8-23(26)27-15-22-20-13-16(24(2,3)4)9-11-18(20)19-12-10-17(14-21(19)22)25(5,6)7/h9-14,22H,8,15H2,1-7H3. The van der Waals surface area contributed by atoms with Gasteiger partial charge >= 0.3 is 5.97 Å². The molecule has 2 nitrogen and oxygen atoms in total. The number of esters is 1. The molecule has 144 valence electrons. The summed E-state index contributed by atoms with van der Waals surface area (Å²) < 4.78 is 5.60. The molecule has 0 radical (unpaired) electrons. The molecule has 0 unspecified atom stereocenters. The highest BCUT2D eigenvalue weighted by atomic mass is 16.5. The van der Waals surface area contributed by atoms with Gasteiger partial charge in [-0.3, -0.25) is 4.79 Å². The number of benzene rings is 2. The summed E-state index contributed by atoms with van der Waals surface area (Å²) in [5.74, 6) is -0.0287. The van der Waals surface area contributed by atoms with Crippen LogP contribution in [0.5, 0.6) is 0 Å². The summed E-state index contributed by atoms with van der Waals surface area (Å²) >= 11 is 0. The third kappa shape index (κ3) is 3.81. The van der Waals surface area contributed by atoms with E-state index in [0.29, 0.717) is 13.0 Å². The minimum Gasteiger partial charge on any atom is -0.465 e. The van der Waals surface area contributed by atoms with Crippen LogP contribution in [0.4, 0.5) is 0 Å². The van der Waals surface area contributed by atoms with E-state index in [1.165, 1.54) is 33.4 Å². The van der Waals surface area contributed by atoms with Gasteiger partial charge in [-0.25, -0.2) is 0 Å². The molecular weight excluding hydrogens is 332 g/mol. The van der Waals surface area contributed by atoms with Crippen molar-refractivity contribution in [3.8, 4) is 11.1 Å². The average molecular weight is 365 g/mol. The van der Waals surface area contributed by atoms with Crippen LogP contribution in [0.1, 0.15) is 83.1 Å². The Bertz CT molecular complexity index is 799. The molecule has 2 aromatic rings. The van der Waals surface area contributed by atoms with Crippen molar-refractivity contribution in [2.24, 2.45) is 0 Å². The van der Waals surface area contributed by atoms with Crippen LogP contribution < -0.4 is 0 Å². The van der Waals surface area contributed by atoms with Crippen LogP contribution in [-0.2, 0) is 20.4 Å². The van der Waals surface area contributed by atoms with E-state index in [-0.39, 0.29) is 22.7 Å².